The zero-order valence-electron chi connectivity index (χ0n) is 12.3. The number of hydrogen-bond acceptors (Lipinski definition) is 4. The zero-order chi connectivity index (χ0) is 14.1. The summed E-state index contributed by atoms with van der Waals surface area (Å²) in [6, 6.07) is 0. The second-order valence-electron chi connectivity index (χ2n) is 4.84. The topological polar surface area (TPSA) is 36.9 Å². The molecule has 1 fully saturated rings. The third-order valence-corrected chi connectivity index (χ3v) is 3.21. The van der Waals surface area contributed by atoms with E-state index in [9.17, 15) is 4.39 Å². The molecule has 0 saturated carbocycles. The molecule has 0 N–H and O–H groups in total. The molecule has 1 rings (SSSR count). The van der Waals surface area contributed by atoms with Crippen molar-refractivity contribution in [1.82, 2.24) is 0 Å². The lowest BCUT2D eigenvalue weighted by Crippen LogP contribution is -2.35. The van der Waals surface area contributed by atoms with Crippen LogP contribution in [-0.2, 0) is 18.9 Å². The molecule has 1 unspecified atom stereocenters. The van der Waals surface area contributed by atoms with Crippen molar-refractivity contribution >= 4 is 0 Å². The Morgan fingerprint density at radius 3 is 2.42 bits per heavy atom. The van der Waals surface area contributed by atoms with Crippen LogP contribution in [0.25, 0.3) is 0 Å². The standard InChI is InChI=1S/C14H27FO4/c1-4-6-8-17-10-11-13(18-9-7-5-2)12(15)14(16-3)19-11/h11-14H,4-10H2,1-3H3/t11-,12+,13?,14-/m1/s1. The van der Waals surface area contributed by atoms with Gasteiger partial charge < -0.3 is 18.9 Å². The molecule has 0 bridgehead atoms. The zero-order valence-corrected chi connectivity index (χ0v) is 12.3. The number of methoxy groups -OCH3 is 1. The van der Waals surface area contributed by atoms with Crippen molar-refractivity contribution < 1.29 is 23.3 Å². The highest BCUT2D eigenvalue weighted by atomic mass is 19.1. The molecule has 4 nitrogen and oxygen atoms in total. The normalized spacial score (nSPS) is 30.9. The molecule has 0 spiro atoms. The van der Waals surface area contributed by atoms with Crippen LogP contribution in [0.15, 0.2) is 0 Å². The van der Waals surface area contributed by atoms with Crippen LogP contribution in [0.4, 0.5) is 4.39 Å². The molecule has 0 aromatic carbocycles. The third kappa shape index (κ3) is 5.34. The number of alkyl halides is 1. The number of halogens is 1. The molecule has 1 aliphatic rings. The summed E-state index contributed by atoms with van der Waals surface area (Å²) in [4.78, 5) is 0. The maximum Gasteiger partial charge on any atom is 0.191 e. The monoisotopic (exact) mass is 278 g/mol. The molecule has 4 atom stereocenters. The maximum absolute atomic E-state index is 14.1. The Morgan fingerprint density at radius 2 is 1.79 bits per heavy atom. The Balaban J connectivity index is 2.40. The molecule has 5 heteroatoms. The average Bonchev–Trinajstić information content (AvgIpc) is 2.72. The van der Waals surface area contributed by atoms with Crippen LogP contribution in [0.3, 0.4) is 0 Å². The lowest BCUT2D eigenvalue weighted by molar-refractivity contribution is -0.146. The van der Waals surface area contributed by atoms with Gasteiger partial charge in [0, 0.05) is 20.3 Å². The molecule has 0 amide bonds. The first kappa shape index (κ1) is 16.8. The van der Waals surface area contributed by atoms with Crippen LogP contribution >= 0.6 is 0 Å². The average molecular weight is 278 g/mol. The Bertz CT molecular complexity index is 227. The van der Waals surface area contributed by atoms with E-state index in [2.05, 4.69) is 13.8 Å². The number of hydrogen-bond donors (Lipinski definition) is 0. The summed E-state index contributed by atoms with van der Waals surface area (Å²) in [6.07, 6.45) is 0.967. The van der Waals surface area contributed by atoms with E-state index in [1.807, 2.05) is 0 Å². The first-order chi connectivity index (χ1) is 9.24. The van der Waals surface area contributed by atoms with Crippen molar-refractivity contribution in [3.05, 3.63) is 0 Å². The quantitative estimate of drug-likeness (QED) is 0.576. The SMILES string of the molecule is CCCCOC[C@H]1O[C@@H](OC)[C@@H](F)C1OCCCC. The third-order valence-electron chi connectivity index (χ3n) is 3.21. The van der Waals surface area contributed by atoms with Crippen LogP contribution in [0.1, 0.15) is 39.5 Å². The van der Waals surface area contributed by atoms with E-state index in [-0.39, 0.29) is 6.10 Å². The Morgan fingerprint density at radius 1 is 1.11 bits per heavy atom. The van der Waals surface area contributed by atoms with Crippen LogP contribution in [0.5, 0.6) is 0 Å². The minimum atomic E-state index is -1.25. The molecule has 0 aromatic heterocycles. The first-order valence-corrected chi connectivity index (χ1v) is 7.26. The minimum absolute atomic E-state index is 0.358. The summed E-state index contributed by atoms with van der Waals surface area (Å²) in [6.45, 7) is 5.76. The van der Waals surface area contributed by atoms with Crippen LogP contribution in [0.2, 0.25) is 0 Å². The van der Waals surface area contributed by atoms with Crippen molar-refractivity contribution in [3.8, 4) is 0 Å². The molecular formula is C14H27FO4. The second kappa shape index (κ2) is 9.64. The van der Waals surface area contributed by atoms with Gasteiger partial charge in [0.05, 0.1) is 6.61 Å². The molecule has 1 heterocycles. The molecule has 0 aromatic rings. The van der Waals surface area contributed by atoms with Crippen LogP contribution < -0.4 is 0 Å². The van der Waals surface area contributed by atoms with Crippen molar-refractivity contribution in [1.29, 1.82) is 0 Å². The van der Waals surface area contributed by atoms with Crippen LogP contribution in [0, 0.1) is 0 Å². The highest BCUT2D eigenvalue weighted by Gasteiger charge is 2.46. The Labute approximate surface area is 115 Å². The van der Waals surface area contributed by atoms with Gasteiger partial charge in [0.1, 0.15) is 12.2 Å². The van der Waals surface area contributed by atoms with Crippen molar-refractivity contribution in [2.75, 3.05) is 26.9 Å². The van der Waals surface area contributed by atoms with Gasteiger partial charge in [-0.25, -0.2) is 4.39 Å². The Hall–Kier alpha value is -0.230. The minimum Gasteiger partial charge on any atom is -0.379 e. The van der Waals surface area contributed by atoms with Crippen molar-refractivity contribution in [2.24, 2.45) is 0 Å². The van der Waals surface area contributed by atoms with Gasteiger partial charge in [-0.1, -0.05) is 26.7 Å². The smallest absolute Gasteiger partial charge is 0.191 e. The number of ether oxygens (including phenoxy) is 4. The molecule has 1 saturated heterocycles. The molecule has 19 heavy (non-hydrogen) atoms. The summed E-state index contributed by atoms with van der Waals surface area (Å²) >= 11 is 0. The van der Waals surface area contributed by atoms with Crippen LogP contribution in [-0.4, -0.2) is 51.6 Å². The largest absolute Gasteiger partial charge is 0.379 e. The first-order valence-electron chi connectivity index (χ1n) is 7.26. The molecular weight excluding hydrogens is 251 g/mol. The summed E-state index contributed by atoms with van der Waals surface area (Å²) in [7, 11) is 1.45. The van der Waals surface area contributed by atoms with E-state index in [4.69, 9.17) is 18.9 Å². The van der Waals surface area contributed by atoms with Gasteiger partial charge in [-0.15, -0.1) is 0 Å². The summed E-state index contributed by atoms with van der Waals surface area (Å²) in [5, 5.41) is 0. The van der Waals surface area contributed by atoms with Gasteiger partial charge in [0.15, 0.2) is 12.5 Å². The molecule has 114 valence electrons. The van der Waals surface area contributed by atoms with E-state index < -0.39 is 18.6 Å². The summed E-state index contributed by atoms with van der Waals surface area (Å²) < 4.78 is 35.7. The van der Waals surface area contributed by atoms with E-state index in [1.54, 1.807) is 0 Å². The van der Waals surface area contributed by atoms with Gasteiger partial charge in [0.2, 0.25) is 0 Å². The van der Waals surface area contributed by atoms with E-state index in [0.717, 1.165) is 25.7 Å². The van der Waals surface area contributed by atoms with E-state index in [1.165, 1.54) is 7.11 Å². The van der Waals surface area contributed by atoms with Gasteiger partial charge in [-0.3, -0.25) is 0 Å². The second-order valence-corrected chi connectivity index (χ2v) is 4.84. The van der Waals surface area contributed by atoms with Gasteiger partial charge in [-0.05, 0) is 12.8 Å². The van der Waals surface area contributed by atoms with Gasteiger partial charge >= 0.3 is 0 Å². The van der Waals surface area contributed by atoms with Crippen molar-refractivity contribution in [3.63, 3.8) is 0 Å². The number of rotatable bonds is 10. The predicted molar refractivity (Wildman–Crippen MR) is 70.9 cm³/mol. The fourth-order valence-corrected chi connectivity index (χ4v) is 2.01. The van der Waals surface area contributed by atoms with E-state index in [0.29, 0.717) is 19.8 Å². The predicted octanol–water partition coefficient (Wildman–Crippen LogP) is 2.70. The van der Waals surface area contributed by atoms with E-state index >= 15 is 0 Å². The van der Waals surface area contributed by atoms with Gasteiger partial charge in [-0.2, -0.15) is 0 Å². The fraction of sp³-hybridized carbons (Fsp3) is 1.00. The molecule has 0 radical (unpaired) electrons. The lowest BCUT2D eigenvalue weighted by atomic mass is 10.1. The molecule has 0 aliphatic carbocycles. The Kier molecular flexibility index (Phi) is 8.53. The highest BCUT2D eigenvalue weighted by molar-refractivity contribution is 4.88. The van der Waals surface area contributed by atoms with Crippen molar-refractivity contribution in [2.45, 2.75) is 64.2 Å². The summed E-state index contributed by atoms with van der Waals surface area (Å²) in [5.74, 6) is 0. The fourth-order valence-electron chi connectivity index (χ4n) is 2.01. The number of unbranched alkanes of at least 4 members (excludes halogenated alkanes) is 2. The van der Waals surface area contributed by atoms with Gasteiger partial charge in [0.25, 0.3) is 0 Å². The lowest BCUT2D eigenvalue weighted by Gasteiger charge is -2.19. The highest BCUT2D eigenvalue weighted by Crippen LogP contribution is 2.27. The summed E-state index contributed by atoms with van der Waals surface area (Å²) in [5.41, 5.74) is 0. The molecule has 1 aliphatic heterocycles. The maximum atomic E-state index is 14.1.